The van der Waals surface area contributed by atoms with E-state index in [0.717, 1.165) is 12.1 Å². The molecule has 0 spiro atoms. The average Bonchev–Trinajstić information content (AvgIpc) is 3.38. The molecule has 0 aliphatic rings. The predicted molar refractivity (Wildman–Crippen MR) is 163 cm³/mol. The molecule has 0 radical (unpaired) electrons. The maximum atomic E-state index is 15.5. The fourth-order valence-electron chi connectivity index (χ4n) is 4.90. The number of carbonyl (C=O) groups excluding carboxylic acids is 1. The number of imidazole rings is 1. The van der Waals surface area contributed by atoms with Gasteiger partial charge in [-0.05, 0) is 49.2 Å². The van der Waals surface area contributed by atoms with Crippen LogP contribution < -0.4 is 4.74 Å². The quantitative estimate of drug-likeness (QED) is 0.126. The van der Waals surface area contributed by atoms with E-state index >= 15 is 8.78 Å². The van der Waals surface area contributed by atoms with E-state index in [-0.39, 0.29) is 84.3 Å². The molecule has 5 aromatic rings. The summed E-state index contributed by atoms with van der Waals surface area (Å²) in [6.45, 7) is 8.23. The first-order valence-electron chi connectivity index (χ1n) is 14.4. The molecule has 5 rings (SSSR count). The minimum absolute atomic E-state index is 0.0337. The van der Waals surface area contributed by atoms with E-state index in [4.69, 9.17) is 16.0 Å². The Hall–Kier alpha value is -5.25. The molecule has 0 aliphatic heterocycles. The summed E-state index contributed by atoms with van der Waals surface area (Å²) in [7, 11) is 0. The van der Waals surface area contributed by atoms with Crippen molar-refractivity contribution in [3.05, 3.63) is 118 Å². The van der Waals surface area contributed by atoms with Crippen LogP contribution in [-0.2, 0) is 24.3 Å². The largest absolute Gasteiger partial charge is 0.473 e. The Morgan fingerprint density at radius 3 is 2.50 bits per heavy atom. The van der Waals surface area contributed by atoms with Gasteiger partial charge in [-0.1, -0.05) is 30.3 Å². The molecule has 2 N–H and O–H groups in total. The summed E-state index contributed by atoms with van der Waals surface area (Å²) >= 11 is 0. The summed E-state index contributed by atoms with van der Waals surface area (Å²) in [5.74, 6) is -2.22. The summed E-state index contributed by atoms with van der Waals surface area (Å²) in [4.78, 5) is 24.3. The fraction of sp³-hybridized carbons (Fsp3) is 0.235. The van der Waals surface area contributed by atoms with Crippen molar-refractivity contribution in [2.75, 3.05) is 13.2 Å². The number of nitrogens with zero attached hydrogens (tertiary/aromatic N) is 4. The van der Waals surface area contributed by atoms with Gasteiger partial charge in [0.1, 0.15) is 29.6 Å². The van der Waals surface area contributed by atoms with Gasteiger partial charge < -0.3 is 24.3 Å². The number of aliphatic hydroxyl groups is 2. The number of esters is 1. The lowest BCUT2D eigenvalue weighted by Crippen LogP contribution is -2.19. The maximum Gasteiger partial charge on any atom is 0.338 e. The molecule has 0 amide bonds. The summed E-state index contributed by atoms with van der Waals surface area (Å²) in [6, 6.07) is 15.9. The smallest absolute Gasteiger partial charge is 0.338 e. The lowest BCUT2D eigenvalue weighted by Gasteiger charge is -2.15. The minimum atomic E-state index is -1.02. The van der Waals surface area contributed by atoms with Gasteiger partial charge in [0.2, 0.25) is 5.88 Å². The monoisotopic (exact) mass is 630 g/mol. The number of hydrogen-bond donors (Lipinski definition) is 2. The highest BCUT2D eigenvalue weighted by atomic mass is 19.1. The van der Waals surface area contributed by atoms with Crippen molar-refractivity contribution in [2.45, 2.75) is 39.0 Å². The van der Waals surface area contributed by atoms with Crippen LogP contribution in [0.25, 0.3) is 27.1 Å². The van der Waals surface area contributed by atoms with Crippen LogP contribution in [0.15, 0.2) is 66.7 Å². The molecule has 2 heterocycles. The minimum Gasteiger partial charge on any atom is -0.473 e. The van der Waals surface area contributed by atoms with Crippen molar-refractivity contribution < 1.29 is 37.7 Å². The van der Waals surface area contributed by atoms with Crippen molar-refractivity contribution in [1.29, 1.82) is 0 Å². The van der Waals surface area contributed by atoms with Crippen LogP contribution in [0.1, 0.15) is 40.7 Å². The van der Waals surface area contributed by atoms with E-state index < -0.39 is 29.5 Å². The van der Waals surface area contributed by atoms with Gasteiger partial charge in [-0.3, -0.25) is 0 Å². The molecule has 0 saturated heterocycles. The Balaban J connectivity index is 1.41. The molecule has 2 aromatic heterocycles. The number of pyridine rings is 1. The lowest BCUT2D eigenvalue weighted by atomic mass is 10.1. The first kappa shape index (κ1) is 32.2. The summed E-state index contributed by atoms with van der Waals surface area (Å²) in [5.41, 5.74) is 1.63. The SMILES string of the molecule is [C-]#[N+]c1ccc(COc2cccc(-c3ccc(Cc4nc5c(F)cc(C(=O)OCC)cc5n4C[C@@H](O)CCO)c(F)c3)n2)c(F)c1. The van der Waals surface area contributed by atoms with Crippen molar-refractivity contribution in [3.8, 4) is 17.1 Å². The first-order chi connectivity index (χ1) is 22.2. The third kappa shape index (κ3) is 7.17. The molecule has 9 nitrogen and oxygen atoms in total. The number of aliphatic hydroxyl groups excluding tert-OH is 2. The zero-order valence-electron chi connectivity index (χ0n) is 24.7. The van der Waals surface area contributed by atoms with Crippen LogP contribution in [-0.4, -0.2) is 50.0 Å². The van der Waals surface area contributed by atoms with Crippen molar-refractivity contribution in [1.82, 2.24) is 14.5 Å². The standard InChI is InChI=1S/C34H29F3N4O5/c1-3-45-34(44)23-14-28(37)33-30(15-23)41(18-25(43)11-12-42)31(40-33)16-20-7-8-21(13-26(20)35)29-5-4-6-32(39-29)46-19-22-9-10-24(38-2)17-27(22)36/h4-10,13-15,17,25,42-43H,3,11-12,16,18-19H2,1H3/t25-/m0/s1. The second kappa shape index (κ2) is 14.2. The summed E-state index contributed by atoms with van der Waals surface area (Å²) in [5, 5.41) is 19.8. The zero-order valence-corrected chi connectivity index (χ0v) is 24.7. The molecule has 236 valence electrons. The Morgan fingerprint density at radius 2 is 1.78 bits per heavy atom. The highest BCUT2D eigenvalue weighted by Crippen LogP contribution is 2.28. The molecule has 0 unspecified atom stereocenters. The third-order valence-electron chi connectivity index (χ3n) is 7.22. The molecule has 3 aromatic carbocycles. The Morgan fingerprint density at radius 1 is 1.00 bits per heavy atom. The highest BCUT2D eigenvalue weighted by Gasteiger charge is 2.21. The fourth-order valence-corrected chi connectivity index (χ4v) is 4.90. The molecular weight excluding hydrogens is 601 g/mol. The van der Waals surface area contributed by atoms with Crippen molar-refractivity contribution >= 4 is 22.7 Å². The number of rotatable bonds is 12. The van der Waals surface area contributed by atoms with Crippen LogP contribution >= 0.6 is 0 Å². The number of carbonyl (C=O) groups is 1. The van der Waals surface area contributed by atoms with Crippen molar-refractivity contribution in [3.63, 3.8) is 0 Å². The van der Waals surface area contributed by atoms with E-state index in [1.54, 1.807) is 37.3 Å². The number of fused-ring (bicyclic) bond motifs is 1. The summed E-state index contributed by atoms with van der Waals surface area (Å²) < 4.78 is 57.1. The van der Waals surface area contributed by atoms with E-state index in [1.807, 2.05) is 0 Å². The molecule has 0 saturated carbocycles. The number of halogens is 3. The second-order valence-corrected chi connectivity index (χ2v) is 10.4. The van der Waals surface area contributed by atoms with E-state index in [9.17, 15) is 19.4 Å². The van der Waals surface area contributed by atoms with Gasteiger partial charge in [-0.15, -0.1) is 0 Å². The van der Waals surface area contributed by atoms with Gasteiger partial charge in [-0.25, -0.2) is 32.8 Å². The number of aromatic nitrogens is 3. The number of ether oxygens (including phenoxy) is 2. The topological polar surface area (TPSA) is 111 Å². The average molecular weight is 631 g/mol. The van der Waals surface area contributed by atoms with E-state index in [1.165, 1.54) is 28.8 Å². The van der Waals surface area contributed by atoms with Gasteiger partial charge in [0.15, 0.2) is 11.5 Å². The third-order valence-corrected chi connectivity index (χ3v) is 7.22. The number of benzene rings is 3. The van der Waals surface area contributed by atoms with E-state index in [2.05, 4.69) is 14.8 Å². The molecule has 0 aliphatic carbocycles. The molecule has 0 bridgehead atoms. The van der Waals surface area contributed by atoms with Crippen LogP contribution in [0, 0.1) is 24.0 Å². The van der Waals surface area contributed by atoms with Crippen LogP contribution in [0.2, 0.25) is 0 Å². The summed E-state index contributed by atoms with van der Waals surface area (Å²) in [6.07, 6.45) is -1.05. The molecule has 0 fully saturated rings. The molecule has 46 heavy (non-hydrogen) atoms. The Kier molecular flexibility index (Phi) is 9.95. The van der Waals surface area contributed by atoms with Gasteiger partial charge in [0, 0.05) is 30.2 Å². The van der Waals surface area contributed by atoms with Gasteiger partial charge in [0.05, 0.1) is 42.6 Å². The molecule has 12 heteroatoms. The van der Waals surface area contributed by atoms with Crippen LogP contribution in [0.4, 0.5) is 18.9 Å². The molecular formula is C34H29F3N4O5. The highest BCUT2D eigenvalue weighted by molar-refractivity contribution is 5.94. The molecule has 1 atom stereocenters. The predicted octanol–water partition coefficient (Wildman–Crippen LogP) is 6.16. The maximum absolute atomic E-state index is 15.5. The normalized spacial score (nSPS) is 11.8. The second-order valence-electron chi connectivity index (χ2n) is 10.4. The zero-order chi connectivity index (χ0) is 32.8. The van der Waals surface area contributed by atoms with Crippen LogP contribution in [0.5, 0.6) is 5.88 Å². The number of hydrogen-bond acceptors (Lipinski definition) is 7. The van der Waals surface area contributed by atoms with Gasteiger partial charge in [-0.2, -0.15) is 0 Å². The van der Waals surface area contributed by atoms with Gasteiger partial charge >= 0.3 is 5.97 Å². The Bertz CT molecular complexity index is 1940. The van der Waals surface area contributed by atoms with E-state index in [0.29, 0.717) is 11.3 Å². The van der Waals surface area contributed by atoms with Crippen LogP contribution in [0.3, 0.4) is 0 Å². The lowest BCUT2D eigenvalue weighted by molar-refractivity contribution is 0.0526. The van der Waals surface area contributed by atoms with Crippen molar-refractivity contribution in [2.24, 2.45) is 0 Å². The Labute approximate surface area is 262 Å². The first-order valence-corrected chi connectivity index (χ1v) is 14.4. The van der Waals surface area contributed by atoms with Gasteiger partial charge in [0.25, 0.3) is 0 Å².